The minimum atomic E-state index is 0.202. The van der Waals surface area contributed by atoms with Crippen molar-refractivity contribution in [3.05, 3.63) is 167 Å². The quantitative estimate of drug-likeness (QED) is 0.140. The summed E-state index contributed by atoms with van der Waals surface area (Å²) in [6.07, 6.45) is 20.3. The Morgan fingerprint density at radius 1 is 0.714 bits per heavy atom. The first-order valence-electron chi connectivity index (χ1n) is 13.3. The molecule has 6 heterocycles. The Balaban J connectivity index is 1.40. The van der Waals surface area contributed by atoms with Crippen LogP contribution in [-0.4, -0.2) is 36.0 Å². The monoisotopic (exact) mass is 593 g/mol. The first-order valence-corrected chi connectivity index (χ1v) is 15.0. The Morgan fingerprint density at radius 2 is 1.36 bits per heavy atom. The normalized spacial score (nSPS) is 17.0. The van der Waals surface area contributed by atoms with Crippen molar-refractivity contribution in [2.24, 2.45) is 9.98 Å². The molecular formula is C34H23N7Zn-2. The Kier molecular flexibility index (Phi) is 8.06. The molecule has 2 N–H and O–H groups in total. The number of aromatic amines is 1. The number of rotatable bonds is 8. The maximum atomic E-state index is 9.41. The molecule has 0 bridgehead atoms. The number of hydrogen-bond donors (Lipinski definition) is 1. The zero-order valence-corrected chi connectivity index (χ0v) is 25.5. The Hall–Kier alpha value is -5.20. The zero-order chi connectivity index (χ0) is 28.7. The second-order valence-corrected chi connectivity index (χ2v) is 10.2. The van der Waals surface area contributed by atoms with Gasteiger partial charge in [-0.1, -0.05) is 30.3 Å². The van der Waals surface area contributed by atoms with E-state index in [1.54, 1.807) is 18.6 Å². The molecule has 198 valence electrons. The van der Waals surface area contributed by atoms with E-state index in [9.17, 15) is 5.73 Å². The van der Waals surface area contributed by atoms with E-state index < -0.39 is 0 Å². The van der Waals surface area contributed by atoms with Crippen molar-refractivity contribution in [2.45, 2.75) is 0 Å². The molecule has 2 aliphatic rings. The van der Waals surface area contributed by atoms with Gasteiger partial charge in [0.2, 0.25) is 0 Å². The van der Waals surface area contributed by atoms with Crippen LogP contribution in [0.15, 0.2) is 137 Å². The number of aliphatic imine (C=N–C) groups is 2. The van der Waals surface area contributed by atoms with Gasteiger partial charge in [-0.05, 0) is 35.2 Å². The maximum absolute atomic E-state index is 9.41. The Morgan fingerprint density at radius 3 is 1.98 bits per heavy atom. The van der Waals surface area contributed by atoms with Crippen LogP contribution in [0.2, 0.25) is 0 Å². The molecule has 6 rings (SSSR count). The van der Waals surface area contributed by atoms with Gasteiger partial charge in [0.1, 0.15) is 0 Å². The summed E-state index contributed by atoms with van der Waals surface area (Å²) in [5.74, 6) is 0. The summed E-state index contributed by atoms with van der Waals surface area (Å²) >= 11 is 1.08. The second kappa shape index (κ2) is 12.5. The van der Waals surface area contributed by atoms with Gasteiger partial charge < -0.3 is 10.7 Å². The molecule has 0 spiro atoms. The minimum Gasteiger partial charge on any atom is -0.257 e. The van der Waals surface area contributed by atoms with Crippen LogP contribution >= 0.6 is 0 Å². The fraction of sp³-hybridized carbons (Fsp3) is 0. The van der Waals surface area contributed by atoms with Crippen LogP contribution in [-0.2, 0) is 17.9 Å². The van der Waals surface area contributed by atoms with Crippen molar-refractivity contribution >= 4 is 39.3 Å². The topological polar surface area (TPSA) is 103 Å². The Labute approximate surface area is 253 Å². The number of pyridine rings is 3. The number of nitrogens with zero attached hydrogens (tertiary/aromatic N) is 5. The van der Waals surface area contributed by atoms with Crippen molar-refractivity contribution < 1.29 is 17.9 Å². The molecule has 0 fully saturated rings. The third-order valence-corrected chi connectivity index (χ3v) is 7.29. The molecule has 7 nitrogen and oxygen atoms in total. The molecule has 4 aromatic rings. The van der Waals surface area contributed by atoms with Crippen LogP contribution in [0.5, 0.6) is 0 Å². The molecule has 0 atom stereocenters. The zero-order valence-electron chi connectivity index (χ0n) is 22.6. The van der Waals surface area contributed by atoms with Gasteiger partial charge in [-0.25, -0.2) is 5.70 Å². The van der Waals surface area contributed by atoms with Crippen molar-refractivity contribution in [2.75, 3.05) is 0 Å². The summed E-state index contributed by atoms with van der Waals surface area (Å²) < 4.78 is 2.10. The van der Waals surface area contributed by atoms with Crippen LogP contribution < -0.4 is 0 Å². The van der Waals surface area contributed by atoms with E-state index in [-0.39, 0.29) is 5.70 Å². The van der Waals surface area contributed by atoms with Gasteiger partial charge in [0.25, 0.3) is 0 Å². The fourth-order valence-electron chi connectivity index (χ4n) is 4.46. The molecule has 0 radical (unpaired) electrons. The Bertz CT molecular complexity index is 1870. The van der Waals surface area contributed by atoms with E-state index in [4.69, 9.17) is 4.99 Å². The van der Waals surface area contributed by atoms with Crippen LogP contribution in [0.3, 0.4) is 0 Å². The van der Waals surface area contributed by atoms with E-state index >= 15 is 0 Å². The van der Waals surface area contributed by atoms with E-state index in [0.717, 1.165) is 46.3 Å². The first-order chi connectivity index (χ1) is 20.7. The van der Waals surface area contributed by atoms with Gasteiger partial charge >= 0.3 is 120 Å². The van der Waals surface area contributed by atoms with Crippen LogP contribution in [0.25, 0.3) is 29.0 Å². The summed E-state index contributed by atoms with van der Waals surface area (Å²) in [5.41, 5.74) is 17.7. The molecule has 42 heavy (non-hydrogen) atoms. The SMILES string of the molecule is [NH-]/C(C(=[C-]c1ccccn1)c1ccccn1)=C(\C1=NC(=Cc2ccc(C=C3C=CC([CH]=[Zn])=N3)[nH]2)C=C1)c1ccccn1. The van der Waals surface area contributed by atoms with Gasteiger partial charge in [-0.15, -0.1) is 17.7 Å². The molecule has 4 aromatic heterocycles. The molecule has 0 saturated heterocycles. The average Bonchev–Trinajstić information content (AvgIpc) is 3.80. The summed E-state index contributed by atoms with van der Waals surface area (Å²) in [7, 11) is 0. The van der Waals surface area contributed by atoms with Crippen molar-refractivity contribution in [3.8, 4) is 0 Å². The van der Waals surface area contributed by atoms with Gasteiger partial charge in [0.05, 0.1) is 5.69 Å². The van der Waals surface area contributed by atoms with Gasteiger partial charge in [-0.3, -0.25) is 9.97 Å². The number of H-pyrrole nitrogens is 1. The summed E-state index contributed by atoms with van der Waals surface area (Å²) in [5, 5.41) is 0. The molecule has 0 amide bonds. The third-order valence-electron chi connectivity index (χ3n) is 6.41. The van der Waals surface area contributed by atoms with Crippen LogP contribution in [0.4, 0.5) is 0 Å². The van der Waals surface area contributed by atoms with E-state index in [1.165, 1.54) is 0 Å². The van der Waals surface area contributed by atoms with Crippen LogP contribution in [0.1, 0.15) is 28.5 Å². The number of nitrogens with one attached hydrogen (secondary N) is 2. The molecule has 0 unspecified atom stereocenters. The fourth-order valence-corrected chi connectivity index (χ4v) is 4.93. The number of hydrogen-bond acceptors (Lipinski definition) is 5. The predicted octanol–water partition coefficient (Wildman–Crippen LogP) is 6.65. The molecule has 0 aliphatic carbocycles. The molecule has 0 aromatic carbocycles. The standard InChI is InChI=1S/C34H23N7.Zn/c1-23-11-12-25(39-23)20-26-13-14-27(40-26)21-28-15-16-32(41-28)33(31-10-4-7-19-38-31)34(35)29(30-9-3-6-18-37-30)22-24-8-2-5-17-36-24;/h1-21,35,40H;/q-2;/b25-20?,28-21?,34-33-;. The van der Waals surface area contributed by atoms with E-state index in [0.29, 0.717) is 33.9 Å². The van der Waals surface area contributed by atoms with Gasteiger partial charge in [0, 0.05) is 18.6 Å². The molecule has 0 saturated carbocycles. The average molecular weight is 595 g/mol. The summed E-state index contributed by atoms with van der Waals surface area (Å²) in [6.45, 7) is 0. The first kappa shape index (κ1) is 27.0. The van der Waals surface area contributed by atoms with Crippen LogP contribution in [0, 0.1) is 6.08 Å². The van der Waals surface area contributed by atoms with Crippen molar-refractivity contribution in [1.29, 1.82) is 0 Å². The molecule has 8 heteroatoms. The van der Waals surface area contributed by atoms with E-state index in [2.05, 4.69) is 35.6 Å². The van der Waals surface area contributed by atoms with Gasteiger partial charge in [0.15, 0.2) is 0 Å². The van der Waals surface area contributed by atoms with Crippen molar-refractivity contribution in [3.63, 3.8) is 0 Å². The summed E-state index contributed by atoms with van der Waals surface area (Å²) in [6, 6.07) is 20.9. The van der Waals surface area contributed by atoms with Crippen molar-refractivity contribution in [1.82, 2.24) is 19.9 Å². The number of aromatic nitrogens is 4. The smallest absolute Gasteiger partial charge is 0.257 e. The predicted molar refractivity (Wildman–Crippen MR) is 166 cm³/mol. The summed E-state index contributed by atoms with van der Waals surface area (Å²) in [4.78, 5) is 26.4. The molecular weight excluding hydrogens is 572 g/mol. The van der Waals surface area contributed by atoms with Gasteiger partial charge in [-0.2, -0.15) is 0 Å². The van der Waals surface area contributed by atoms with E-state index in [1.807, 2.05) is 103 Å². The number of allylic oxidation sites excluding steroid dienone is 6. The molecule has 2 aliphatic heterocycles. The second-order valence-electron chi connectivity index (χ2n) is 9.31. The minimum absolute atomic E-state index is 0.202. The third kappa shape index (κ3) is 6.24.